The van der Waals surface area contributed by atoms with E-state index < -0.39 is 0 Å². The number of nitrogens with zero attached hydrogens (tertiary/aromatic N) is 1. The molecule has 0 aliphatic rings. The zero-order valence-corrected chi connectivity index (χ0v) is 12.2. The van der Waals surface area contributed by atoms with Gasteiger partial charge in [0.1, 0.15) is 0 Å². The van der Waals surface area contributed by atoms with Gasteiger partial charge >= 0.3 is 0 Å². The maximum absolute atomic E-state index is 7.43. The van der Waals surface area contributed by atoms with Crippen molar-refractivity contribution in [3.05, 3.63) is 33.8 Å². The number of nitrogens with two attached hydrogens (primary N) is 1. The van der Waals surface area contributed by atoms with Crippen molar-refractivity contribution in [3.63, 3.8) is 0 Å². The third-order valence-corrected chi connectivity index (χ3v) is 3.66. The Hall–Kier alpha value is -0.770. The van der Waals surface area contributed by atoms with E-state index in [1.165, 1.54) is 0 Å². The molecule has 18 heavy (non-hydrogen) atoms. The smallest absolute Gasteiger partial charge is 0.0947 e. The van der Waals surface area contributed by atoms with Gasteiger partial charge in [-0.25, -0.2) is 0 Å². The van der Waals surface area contributed by atoms with Crippen LogP contribution >= 0.6 is 23.2 Å². The highest BCUT2D eigenvalue weighted by atomic mass is 35.5. The quantitative estimate of drug-likeness (QED) is 0.622. The van der Waals surface area contributed by atoms with E-state index in [1.54, 1.807) is 0 Å². The van der Waals surface area contributed by atoms with Crippen LogP contribution < -0.4 is 5.73 Å². The second kappa shape index (κ2) is 6.98. The van der Waals surface area contributed by atoms with Crippen LogP contribution in [0.5, 0.6) is 0 Å². The molecule has 1 aromatic rings. The van der Waals surface area contributed by atoms with E-state index in [9.17, 15) is 0 Å². The maximum Gasteiger partial charge on any atom is 0.0947 e. The lowest BCUT2D eigenvalue weighted by molar-refractivity contribution is 0.263. The molecule has 1 atom stereocenters. The Labute approximate surface area is 118 Å². The van der Waals surface area contributed by atoms with Gasteiger partial charge in [-0.15, -0.1) is 0 Å². The summed E-state index contributed by atoms with van der Waals surface area (Å²) >= 11 is 12.3. The molecule has 0 radical (unpaired) electrons. The van der Waals surface area contributed by atoms with Gasteiger partial charge in [-0.3, -0.25) is 10.3 Å². The summed E-state index contributed by atoms with van der Waals surface area (Å²) < 4.78 is 0. The summed E-state index contributed by atoms with van der Waals surface area (Å²) in [6, 6.07) is 5.51. The first-order chi connectivity index (χ1) is 8.45. The van der Waals surface area contributed by atoms with E-state index in [4.69, 9.17) is 34.3 Å². The van der Waals surface area contributed by atoms with Crippen molar-refractivity contribution < 1.29 is 0 Å². The molecule has 0 aliphatic heterocycles. The molecule has 3 N–H and O–H groups in total. The molecule has 0 saturated heterocycles. The monoisotopic (exact) mass is 287 g/mol. The standard InChI is InChI=1S/C13H19Cl2N3/c1-3-18(7-9(2)13(16)17)8-10-11(14)5-4-6-12(10)15/h4-6,9H,3,7-8H2,1-2H3,(H3,16,17). The molecule has 0 saturated carbocycles. The third kappa shape index (κ3) is 4.16. The van der Waals surface area contributed by atoms with Gasteiger partial charge in [-0.2, -0.15) is 0 Å². The summed E-state index contributed by atoms with van der Waals surface area (Å²) in [5.41, 5.74) is 6.43. The minimum Gasteiger partial charge on any atom is -0.387 e. The van der Waals surface area contributed by atoms with Crippen molar-refractivity contribution in [1.29, 1.82) is 5.41 Å². The Balaban J connectivity index is 2.77. The molecular formula is C13H19Cl2N3. The van der Waals surface area contributed by atoms with Gasteiger partial charge in [0, 0.05) is 34.6 Å². The summed E-state index contributed by atoms with van der Waals surface area (Å²) in [5, 5.41) is 8.79. The van der Waals surface area contributed by atoms with Gasteiger partial charge in [-0.05, 0) is 18.7 Å². The molecule has 0 fully saturated rings. The zero-order valence-electron chi connectivity index (χ0n) is 10.7. The van der Waals surface area contributed by atoms with Gasteiger partial charge in [0.25, 0.3) is 0 Å². The molecule has 0 bridgehead atoms. The van der Waals surface area contributed by atoms with Crippen LogP contribution in [0, 0.1) is 11.3 Å². The molecule has 1 rings (SSSR count). The number of halogens is 2. The van der Waals surface area contributed by atoms with Crippen molar-refractivity contribution in [2.75, 3.05) is 13.1 Å². The van der Waals surface area contributed by atoms with Crippen LogP contribution in [-0.2, 0) is 6.54 Å². The fourth-order valence-corrected chi connectivity index (χ4v) is 2.22. The first-order valence-corrected chi connectivity index (χ1v) is 6.70. The average molecular weight is 288 g/mol. The highest BCUT2D eigenvalue weighted by Crippen LogP contribution is 2.25. The van der Waals surface area contributed by atoms with Gasteiger partial charge in [-0.1, -0.05) is 43.1 Å². The van der Waals surface area contributed by atoms with E-state index in [0.29, 0.717) is 16.6 Å². The Bertz CT molecular complexity index is 400. The topological polar surface area (TPSA) is 53.1 Å². The molecule has 0 amide bonds. The largest absolute Gasteiger partial charge is 0.387 e. The van der Waals surface area contributed by atoms with E-state index in [0.717, 1.165) is 18.7 Å². The molecule has 3 nitrogen and oxygen atoms in total. The van der Waals surface area contributed by atoms with Gasteiger partial charge in [0.15, 0.2) is 0 Å². The summed E-state index contributed by atoms with van der Waals surface area (Å²) in [6.45, 7) is 6.27. The molecule has 5 heteroatoms. The van der Waals surface area contributed by atoms with Crippen LogP contribution in [-0.4, -0.2) is 23.8 Å². The summed E-state index contributed by atoms with van der Waals surface area (Å²) in [5.74, 6) is 0.241. The van der Waals surface area contributed by atoms with Crippen LogP contribution in [0.15, 0.2) is 18.2 Å². The Morgan fingerprint density at radius 3 is 2.39 bits per heavy atom. The van der Waals surface area contributed by atoms with E-state index in [-0.39, 0.29) is 11.8 Å². The molecule has 1 aromatic carbocycles. The molecule has 0 heterocycles. The molecule has 0 aliphatic carbocycles. The van der Waals surface area contributed by atoms with Crippen molar-refractivity contribution in [1.82, 2.24) is 4.90 Å². The minimum absolute atomic E-state index is 0.0335. The maximum atomic E-state index is 7.43. The predicted octanol–water partition coefficient (Wildman–Crippen LogP) is 3.39. The van der Waals surface area contributed by atoms with Crippen LogP contribution in [0.25, 0.3) is 0 Å². The Kier molecular flexibility index (Phi) is 5.93. The predicted molar refractivity (Wildman–Crippen MR) is 78.5 cm³/mol. The third-order valence-electron chi connectivity index (χ3n) is 2.95. The SMILES string of the molecule is CCN(Cc1c(Cl)cccc1Cl)CC(C)C(=N)N. The van der Waals surface area contributed by atoms with E-state index in [2.05, 4.69) is 11.8 Å². The van der Waals surface area contributed by atoms with Crippen LogP contribution in [0.3, 0.4) is 0 Å². The normalized spacial score (nSPS) is 12.7. The molecule has 0 spiro atoms. The Morgan fingerprint density at radius 2 is 1.94 bits per heavy atom. The number of hydrogen-bond donors (Lipinski definition) is 2. The van der Waals surface area contributed by atoms with E-state index in [1.807, 2.05) is 25.1 Å². The molecular weight excluding hydrogens is 269 g/mol. The molecule has 0 aromatic heterocycles. The van der Waals surface area contributed by atoms with Gasteiger partial charge < -0.3 is 5.73 Å². The Morgan fingerprint density at radius 1 is 1.39 bits per heavy atom. The van der Waals surface area contributed by atoms with Crippen molar-refractivity contribution in [2.45, 2.75) is 20.4 Å². The van der Waals surface area contributed by atoms with Crippen LogP contribution in [0.2, 0.25) is 10.0 Å². The van der Waals surface area contributed by atoms with Crippen LogP contribution in [0.4, 0.5) is 0 Å². The zero-order chi connectivity index (χ0) is 13.7. The molecule has 1 unspecified atom stereocenters. The highest BCUT2D eigenvalue weighted by Gasteiger charge is 2.14. The lowest BCUT2D eigenvalue weighted by Gasteiger charge is -2.24. The number of amidine groups is 1. The summed E-state index contributed by atoms with van der Waals surface area (Å²) in [4.78, 5) is 2.18. The fraction of sp³-hybridized carbons (Fsp3) is 0.462. The number of hydrogen-bond acceptors (Lipinski definition) is 2. The second-order valence-electron chi connectivity index (χ2n) is 4.38. The fourth-order valence-electron chi connectivity index (χ4n) is 1.70. The summed E-state index contributed by atoms with van der Waals surface area (Å²) in [7, 11) is 0. The highest BCUT2D eigenvalue weighted by molar-refractivity contribution is 6.35. The lowest BCUT2D eigenvalue weighted by Crippen LogP contribution is -2.34. The van der Waals surface area contributed by atoms with E-state index >= 15 is 0 Å². The number of nitrogens with one attached hydrogen (secondary N) is 1. The number of rotatable bonds is 6. The second-order valence-corrected chi connectivity index (χ2v) is 5.20. The first kappa shape index (κ1) is 15.3. The molecule has 100 valence electrons. The van der Waals surface area contributed by atoms with Crippen LogP contribution in [0.1, 0.15) is 19.4 Å². The average Bonchev–Trinajstić information content (AvgIpc) is 2.32. The summed E-state index contributed by atoms with van der Waals surface area (Å²) in [6.07, 6.45) is 0. The lowest BCUT2D eigenvalue weighted by atomic mass is 10.1. The van der Waals surface area contributed by atoms with Gasteiger partial charge in [0.2, 0.25) is 0 Å². The minimum atomic E-state index is 0.0335. The number of benzene rings is 1. The van der Waals surface area contributed by atoms with Crippen molar-refractivity contribution in [3.8, 4) is 0 Å². The van der Waals surface area contributed by atoms with Crippen molar-refractivity contribution in [2.24, 2.45) is 11.7 Å². The van der Waals surface area contributed by atoms with Crippen molar-refractivity contribution >= 4 is 29.0 Å². The first-order valence-electron chi connectivity index (χ1n) is 5.94. The van der Waals surface area contributed by atoms with Gasteiger partial charge in [0.05, 0.1) is 5.84 Å².